The summed E-state index contributed by atoms with van der Waals surface area (Å²) in [6, 6.07) is 7.47. The highest BCUT2D eigenvalue weighted by Gasteiger charge is 2.30. The number of nitrogens with zero attached hydrogens (tertiary/aromatic N) is 2. The van der Waals surface area contributed by atoms with Gasteiger partial charge in [-0.15, -0.1) is 0 Å². The van der Waals surface area contributed by atoms with Crippen molar-refractivity contribution >= 4 is 5.91 Å². The minimum absolute atomic E-state index is 0.187. The average molecular weight is 306 g/mol. The van der Waals surface area contributed by atoms with Gasteiger partial charge in [0, 0.05) is 38.1 Å². The van der Waals surface area contributed by atoms with Crippen LogP contribution in [0.1, 0.15) is 39.2 Å². The molecule has 4 heteroatoms. The first-order chi connectivity index (χ1) is 10.5. The molecule has 1 aromatic carbocycles. The van der Waals surface area contributed by atoms with Crippen LogP contribution in [0.25, 0.3) is 0 Å². The average Bonchev–Trinajstić information content (AvgIpc) is 2.48. The van der Waals surface area contributed by atoms with Gasteiger partial charge in [-0.05, 0) is 44.4 Å². The smallest absolute Gasteiger partial charge is 0.222 e. The van der Waals surface area contributed by atoms with E-state index in [0.29, 0.717) is 18.5 Å². The molecule has 1 saturated heterocycles. The van der Waals surface area contributed by atoms with E-state index in [4.69, 9.17) is 0 Å². The first-order valence-corrected chi connectivity index (χ1v) is 8.29. The molecule has 0 saturated carbocycles. The van der Waals surface area contributed by atoms with Crippen molar-refractivity contribution in [1.82, 2.24) is 9.80 Å². The normalized spacial score (nSPS) is 22.8. The first kappa shape index (κ1) is 16.9. The second-order valence-corrected chi connectivity index (χ2v) is 6.36. The Labute approximate surface area is 133 Å². The van der Waals surface area contributed by atoms with Crippen molar-refractivity contribution in [3.05, 3.63) is 35.6 Å². The molecule has 2 atom stereocenters. The molecule has 1 amide bonds. The lowest BCUT2D eigenvalue weighted by Gasteiger charge is -2.44. The number of piperazine rings is 1. The van der Waals surface area contributed by atoms with Gasteiger partial charge in [-0.2, -0.15) is 0 Å². The second-order valence-electron chi connectivity index (χ2n) is 6.36. The number of rotatable bonds is 5. The number of carbonyl (C=O) groups excluding carboxylic acids is 1. The van der Waals surface area contributed by atoms with Gasteiger partial charge in [0.05, 0.1) is 0 Å². The van der Waals surface area contributed by atoms with Crippen molar-refractivity contribution in [3.8, 4) is 0 Å². The SMILES string of the molecule is CCCC(=O)N1CC(C)N(CCc2ccc(F)cc2)C(C)C1. The predicted octanol–water partition coefficient (Wildman–Crippen LogP) is 3.09. The van der Waals surface area contributed by atoms with Crippen molar-refractivity contribution in [2.75, 3.05) is 19.6 Å². The number of benzene rings is 1. The fraction of sp³-hybridized carbons (Fsp3) is 0.611. The molecule has 22 heavy (non-hydrogen) atoms. The van der Waals surface area contributed by atoms with Gasteiger partial charge in [0.1, 0.15) is 5.82 Å². The van der Waals surface area contributed by atoms with Crippen molar-refractivity contribution in [1.29, 1.82) is 0 Å². The van der Waals surface area contributed by atoms with Gasteiger partial charge < -0.3 is 4.90 Å². The lowest BCUT2D eigenvalue weighted by molar-refractivity contribution is -0.135. The Bertz CT molecular complexity index is 476. The summed E-state index contributed by atoms with van der Waals surface area (Å²) in [4.78, 5) is 16.5. The van der Waals surface area contributed by atoms with Crippen molar-refractivity contribution in [3.63, 3.8) is 0 Å². The Morgan fingerprint density at radius 2 is 1.77 bits per heavy atom. The van der Waals surface area contributed by atoms with Gasteiger partial charge >= 0.3 is 0 Å². The molecular weight excluding hydrogens is 279 g/mol. The maximum absolute atomic E-state index is 12.9. The van der Waals surface area contributed by atoms with E-state index >= 15 is 0 Å². The third kappa shape index (κ3) is 4.29. The topological polar surface area (TPSA) is 23.6 Å². The summed E-state index contributed by atoms with van der Waals surface area (Å²) >= 11 is 0. The Morgan fingerprint density at radius 1 is 1.18 bits per heavy atom. The summed E-state index contributed by atoms with van der Waals surface area (Å²) in [6.45, 7) is 8.99. The standard InChI is InChI=1S/C18H27FN2O/c1-4-5-18(22)20-12-14(2)21(15(3)13-20)11-10-16-6-8-17(19)9-7-16/h6-9,14-15H,4-5,10-13H2,1-3H3. The zero-order valence-corrected chi connectivity index (χ0v) is 13.9. The first-order valence-electron chi connectivity index (χ1n) is 8.29. The number of amides is 1. The van der Waals surface area contributed by atoms with Gasteiger partial charge in [-0.3, -0.25) is 9.69 Å². The van der Waals surface area contributed by atoms with Crippen LogP contribution in [0.15, 0.2) is 24.3 Å². The minimum Gasteiger partial charge on any atom is -0.340 e. The van der Waals surface area contributed by atoms with Crippen LogP contribution < -0.4 is 0 Å². The number of hydrogen-bond donors (Lipinski definition) is 0. The van der Waals surface area contributed by atoms with Gasteiger partial charge in [0.25, 0.3) is 0 Å². The molecule has 122 valence electrons. The molecule has 1 aliphatic heterocycles. The Morgan fingerprint density at radius 3 is 2.32 bits per heavy atom. The van der Waals surface area contributed by atoms with Gasteiger partial charge in [0.2, 0.25) is 5.91 Å². The van der Waals surface area contributed by atoms with Gasteiger partial charge in [0.15, 0.2) is 0 Å². The summed E-state index contributed by atoms with van der Waals surface area (Å²) < 4.78 is 12.9. The fourth-order valence-electron chi connectivity index (χ4n) is 3.28. The maximum atomic E-state index is 12.9. The van der Waals surface area contributed by atoms with E-state index in [1.165, 1.54) is 12.1 Å². The van der Waals surface area contributed by atoms with Gasteiger partial charge in [-0.1, -0.05) is 19.1 Å². The van der Waals surface area contributed by atoms with E-state index in [1.54, 1.807) is 0 Å². The largest absolute Gasteiger partial charge is 0.340 e. The van der Waals surface area contributed by atoms with Gasteiger partial charge in [-0.25, -0.2) is 4.39 Å². The Kier molecular flexibility index (Phi) is 5.95. The van der Waals surface area contributed by atoms with Crippen LogP contribution in [0.3, 0.4) is 0 Å². The van der Waals surface area contributed by atoms with Crippen LogP contribution in [0, 0.1) is 5.82 Å². The molecule has 0 aromatic heterocycles. The quantitative estimate of drug-likeness (QED) is 0.834. The zero-order valence-electron chi connectivity index (χ0n) is 13.9. The number of halogens is 1. The minimum atomic E-state index is -0.187. The van der Waals surface area contributed by atoms with E-state index in [2.05, 4.69) is 18.7 Å². The molecule has 2 unspecified atom stereocenters. The van der Waals surface area contributed by atoms with E-state index in [1.807, 2.05) is 24.0 Å². The van der Waals surface area contributed by atoms with Crippen LogP contribution in [0.2, 0.25) is 0 Å². The summed E-state index contributed by atoms with van der Waals surface area (Å²) in [6.07, 6.45) is 2.47. The molecule has 2 rings (SSSR count). The van der Waals surface area contributed by atoms with Crippen LogP contribution in [-0.2, 0) is 11.2 Å². The summed E-state index contributed by atoms with van der Waals surface area (Å²) in [5.41, 5.74) is 1.16. The summed E-state index contributed by atoms with van der Waals surface area (Å²) in [7, 11) is 0. The zero-order chi connectivity index (χ0) is 16.1. The summed E-state index contributed by atoms with van der Waals surface area (Å²) in [5, 5.41) is 0. The second kappa shape index (κ2) is 7.73. The van der Waals surface area contributed by atoms with Crippen molar-refractivity contribution < 1.29 is 9.18 Å². The third-order valence-electron chi connectivity index (χ3n) is 4.49. The van der Waals surface area contributed by atoms with E-state index < -0.39 is 0 Å². The molecule has 0 aliphatic carbocycles. The maximum Gasteiger partial charge on any atom is 0.222 e. The predicted molar refractivity (Wildman–Crippen MR) is 87.2 cm³/mol. The molecule has 1 fully saturated rings. The lowest BCUT2D eigenvalue weighted by atomic mass is 10.0. The molecule has 3 nitrogen and oxygen atoms in total. The molecule has 1 aromatic rings. The van der Waals surface area contributed by atoms with Crippen LogP contribution in [0.4, 0.5) is 4.39 Å². The monoisotopic (exact) mass is 306 g/mol. The molecule has 1 heterocycles. The van der Waals surface area contributed by atoms with Crippen LogP contribution >= 0.6 is 0 Å². The van der Waals surface area contributed by atoms with Crippen LogP contribution in [0.5, 0.6) is 0 Å². The van der Waals surface area contributed by atoms with Crippen molar-refractivity contribution in [2.24, 2.45) is 0 Å². The number of hydrogen-bond acceptors (Lipinski definition) is 2. The Hall–Kier alpha value is -1.42. The van der Waals surface area contributed by atoms with E-state index in [-0.39, 0.29) is 11.7 Å². The lowest BCUT2D eigenvalue weighted by Crippen LogP contribution is -2.58. The number of carbonyl (C=O) groups is 1. The Balaban J connectivity index is 1.90. The van der Waals surface area contributed by atoms with Crippen molar-refractivity contribution in [2.45, 2.75) is 52.1 Å². The fourth-order valence-corrected chi connectivity index (χ4v) is 3.28. The molecule has 1 aliphatic rings. The van der Waals surface area contributed by atoms with Crippen LogP contribution in [-0.4, -0.2) is 47.4 Å². The summed E-state index contributed by atoms with van der Waals surface area (Å²) in [5.74, 6) is 0.0907. The molecular formula is C18H27FN2O. The molecule has 0 N–H and O–H groups in total. The highest BCUT2D eigenvalue weighted by molar-refractivity contribution is 5.76. The van der Waals surface area contributed by atoms with E-state index in [9.17, 15) is 9.18 Å². The molecule has 0 spiro atoms. The molecule has 0 bridgehead atoms. The van der Waals surface area contributed by atoms with E-state index in [0.717, 1.165) is 38.0 Å². The highest BCUT2D eigenvalue weighted by Crippen LogP contribution is 2.18. The third-order valence-corrected chi connectivity index (χ3v) is 4.49. The highest BCUT2D eigenvalue weighted by atomic mass is 19.1. The molecule has 0 radical (unpaired) electrons.